The third-order valence-corrected chi connectivity index (χ3v) is 6.24. The molecule has 2 aromatic carbocycles. The summed E-state index contributed by atoms with van der Waals surface area (Å²) in [5.74, 6) is 0.841. The van der Waals surface area contributed by atoms with Gasteiger partial charge in [-0.1, -0.05) is 0 Å². The number of hydrogen-bond donors (Lipinski definition) is 1. The number of fused-ring (bicyclic) bond motifs is 1. The number of ether oxygens (including phenoxy) is 2. The molecule has 1 aromatic heterocycles. The maximum atomic E-state index is 13.0. The van der Waals surface area contributed by atoms with E-state index < -0.39 is 21.1 Å². The molecule has 9 nitrogen and oxygen atoms in total. The van der Waals surface area contributed by atoms with Crippen molar-refractivity contribution in [1.29, 1.82) is 0 Å². The van der Waals surface area contributed by atoms with E-state index >= 15 is 0 Å². The Hall–Kier alpha value is -3.27. The zero-order valence-electron chi connectivity index (χ0n) is 16.6. The number of benzene rings is 2. The predicted molar refractivity (Wildman–Crippen MR) is 110 cm³/mol. The van der Waals surface area contributed by atoms with Gasteiger partial charge in [0.1, 0.15) is 0 Å². The summed E-state index contributed by atoms with van der Waals surface area (Å²) in [6.45, 7) is 1.62. The molecule has 154 valence electrons. The molecule has 0 saturated carbocycles. The highest BCUT2D eigenvalue weighted by molar-refractivity contribution is 7.92. The van der Waals surface area contributed by atoms with Crippen LogP contribution in [0, 0.1) is 6.92 Å². The number of nitrogens with one attached hydrogen (secondary N) is 1. The van der Waals surface area contributed by atoms with Gasteiger partial charge in [0, 0.05) is 20.2 Å². The van der Waals surface area contributed by atoms with Crippen LogP contribution in [0.4, 0.5) is 5.69 Å². The van der Waals surface area contributed by atoms with Crippen LogP contribution < -0.4 is 25.3 Å². The highest BCUT2D eigenvalue weighted by Gasteiger charge is 2.21. The van der Waals surface area contributed by atoms with E-state index in [2.05, 4.69) is 4.72 Å². The molecular formula is C19H21N3O6S. The molecule has 0 saturated heterocycles. The summed E-state index contributed by atoms with van der Waals surface area (Å²) in [6.07, 6.45) is 0. The highest BCUT2D eigenvalue weighted by atomic mass is 32.2. The third-order valence-electron chi connectivity index (χ3n) is 4.71. The van der Waals surface area contributed by atoms with Gasteiger partial charge in [-0.15, -0.1) is 0 Å². The zero-order valence-corrected chi connectivity index (χ0v) is 17.5. The SMILES string of the molecule is COc1ccc(NS(=O)(=O)c2cc3c(cc2C)n(C)c(=O)c(=O)n3C)cc1OC. The van der Waals surface area contributed by atoms with Crippen LogP contribution in [0.2, 0.25) is 0 Å². The van der Waals surface area contributed by atoms with E-state index in [1.807, 2.05) is 0 Å². The van der Waals surface area contributed by atoms with Gasteiger partial charge < -0.3 is 18.6 Å². The van der Waals surface area contributed by atoms with Crippen molar-refractivity contribution in [3.05, 3.63) is 56.6 Å². The summed E-state index contributed by atoms with van der Waals surface area (Å²) < 4.78 is 41.3. The Morgan fingerprint density at radius 3 is 1.97 bits per heavy atom. The van der Waals surface area contributed by atoms with Crippen molar-refractivity contribution in [2.75, 3.05) is 18.9 Å². The second-order valence-corrected chi connectivity index (χ2v) is 8.16. The summed E-state index contributed by atoms with van der Waals surface area (Å²) in [6, 6.07) is 7.60. The number of nitrogens with zero attached hydrogens (tertiary/aromatic N) is 2. The molecule has 0 aliphatic heterocycles. The van der Waals surface area contributed by atoms with Gasteiger partial charge >= 0.3 is 11.1 Å². The maximum absolute atomic E-state index is 13.0. The molecule has 0 radical (unpaired) electrons. The summed E-state index contributed by atoms with van der Waals surface area (Å²) in [5, 5.41) is 0. The van der Waals surface area contributed by atoms with Crippen LogP contribution in [0.5, 0.6) is 11.5 Å². The fourth-order valence-electron chi connectivity index (χ4n) is 3.10. The molecule has 0 aliphatic rings. The molecule has 1 heterocycles. The first-order chi connectivity index (χ1) is 13.6. The second-order valence-electron chi connectivity index (χ2n) is 6.51. The van der Waals surface area contributed by atoms with Crippen LogP contribution in [-0.4, -0.2) is 31.8 Å². The summed E-state index contributed by atoms with van der Waals surface area (Å²) in [5.41, 5.74) is 0.0872. The van der Waals surface area contributed by atoms with E-state index in [4.69, 9.17) is 9.47 Å². The van der Waals surface area contributed by atoms with Gasteiger partial charge in [0.05, 0.1) is 35.8 Å². The van der Waals surface area contributed by atoms with Gasteiger partial charge in [0.2, 0.25) is 0 Å². The number of methoxy groups -OCH3 is 2. The van der Waals surface area contributed by atoms with Crippen molar-refractivity contribution in [2.24, 2.45) is 14.1 Å². The molecule has 0 bridgehead atoms. The van der Waals surface area contributed by atoms with E-state index in [-0.39, 0.29) is 10.6 Å². The van der Waals surface area contributed by atoms with Crippen LogP contribution in [0.15, 0.2) is 44.8 Å². The lowest BCUT2D eigenvalue weighted by molar-refractivity contribution is 0.355. The Balaban J connectivity index is 2.15. The van der Waals surface area contributed by atoms with Crippen molar-refractivity contribution in [1.82, 2.24) is 9.13 Å². The van der Waals surface area contributed by atoms with Gasteiger partial charge in [-0.05, 0) is 36.8 Å². The topological polar surface area (TPSA) is 109 Å². The lowest BCUT2D eigenvalue weighted by atomic mass is 10.2. The minimum absolute atomic E-state index is 0.00608. The molecule has 0 aliphatic carbocycles. The van der Waals surface area contributed by atoms with Gasteiger partial charge in [-0.3, -0.25) is 14.3 Å². The number of aryl methyl sites for hydroxylation is 3. The molecule has 0 atom stereocenters. The largest absolute Gasteiger partial charge is 0.493 e. The monoisotopic (exact) mass is 419 g/mol. The van der Waals surface area contributed by atoms with E-state index in [9.17, 15) is 18.0 Å². The first-order valence-corrected chi connectivity index (χ1v) is 10.0. The highest BCUT2D eigenvalue weighted by Crippen LogP contribution is 2.31. The molecule has 3 aromatic rings. The van der Waals surface area contributed by atoms with E-state index in [0.717, 1.165) is 4.57 Å². The Labute approximate surface area is 167 Å². The van der Waals surface area contributed by atoms with E-state index in [1.165, 1.54) is 45.0 Å². The van der Waals surface area contributed by atoms with Crippen LogP contribution in [0.1, 0.15) is 5.56 Å². The first-order valence-electron chi connectivity index (χ1n) is 8.56. The summed E-state index contributed by atoms with van der Waals surface area (Å²) in [7, 11) is 1.86. The first kappa shape index (κ1) is 20.5. The van der Waals surface area contributed by atoms with Crippen molar-refractivity contribution in [3.63, 3.8) is 0 Å². The molecule has 29 heavy (non-hydrogen) atoms. The van der Waals surface area contributed by atoms with Gasteiger partial charge in [-0.25, -0.2) is 8.42 Å². The molecule has 0 spiro atoms. The fourth-order valence-corrected chi connectivity index (χ4v) is 4.40. The number of sulfonamides is 1. The standard InChI is InChI=1S/C19H21N3O6S/c1-11-8-13-14(22(3)19(24)18(23)21(13)2)10-17(11)29(25,26)20-12-6-7-15(27-4)16(9-12)28-5/h6-10,20H,1-5H3. The van der Waals surface area contributed by atoms with Crippen LogP contribution in [-0.2, 0) is 24.1 Å². The van der Waals surface area contributed by atoms with Crippen molar-refractivity contribution in [2.45, 2.75) is 11.8 Å². The second kappa shape index (κ2) is 7.28. The lowest BCUT2D eigenvalue weighted by Crippen LogP contribution is -2.39. The Bertz CT molecular complexity index is 1340. The summed E-state index contributed by atoms with van der Waals surface area (Å²) in [4.78, 5) is 24.1. The molecule has 10 heteroatoms. The van der Waals surface area contributed by atoms with Gasteiger partial charge in [0.15, 0.2) is 11.5 Å². The molecule has 1 N–H and O–H groups in total. The molecule has 0 unspecified atom stereocenters. The maximum Gasteiger partial charge on any atom is 0.316 e. The lowest BCUT2D eigenvalue weighted by Gasteiger charge is -2.15. The molecule has 0 amide bonds. The van der Waals surface area contributed by atoms with Crippen LogP contribution in [0.25, 0.3) is 11.0 Å². The molecule has 0 fully saturated rings. The minimum Gasteiger partial charge on any atom is -0.493 e. The van der Waals surface area contributed by atoms with Crippen LogP contribution >= 0.6 is 0 Å². The average Bonchev–Trinajstić information content (AvgIpc) is 2.69. The van der Waals surface area contributed by atoms with Crippen molar-refractivity contribution < 1.29 is 17.9 Å². The Morgan fingerprint density at radius 2 is 1.41 bits per heavy atom. The van der Waals surface area contributed by atoms with Crippen molar-refractivity contribution >= 4 is 26.7 Å². The zero-order chi connectivity index (χ0) is 21.5. The van der Waals surface area contributed by atoms with Gasteiger partial charge in [-0.2, -0.15) is 0 Å². The van der Waals surface area contributed by atoms with E-state index in [0.29, 0.717) is 28.1 Å². The smallest absolute Gasteiger partial charge is 0.316 e. The normalized spacial score (nSPS) is 11.5. The molecular weight excluding hydrogens is 398 g/mol. The number of aromatic nitrogens is 2. The van der Waals surface area contributed by atoms with E-state index in [1.54, 1.807) is 25.1 Å². The quantitative estimate of drug-likeness (QED) is 0.626. The third kappa shape index (κ3) is 3.46. The summed E-state index contributed by atoms with van der Waals surface area (Å²) >= 11 is 0. The number of rotatable bonds is 5. The Kier molecular flexibility index (Phi) is 5.14. The van der Waals surface area contributed by atoms with Crippen LogP contribution in [0.3, 0.4) is 0 Å². The van der Waals surface area contributed by atoms with Crippen molar-refractivity contribution in [3.8, 4) is 11.5 Å². The minimum atomic E-state index is -3.98. The fraction of sp³-hybridized carbons (Fsp3) is 0.263. The number of hydrogen-bond acceptors (Lipinski definition) is 6. The van der Waals surface area contributed by atoms with Gasteiger partial charge in [0.25, 0.3) is 10.0 Å². The molecule has 3 rings (SSSR count). The predicted octanol–water partition coefficient (Wildman–Crippen LogP) is 1.36. The number of anilines is 1. The Morgan fingerprint density at radius 1 is 0.862 bits per heavy atom. The average molecular weight is 419 g/mol.